The third-order valence-corrected chi connectivity index (χ3v) is 5.55. The van der Waals surface area contributed by atoms with Gasteiger partial charge in [-0.15, -0.1) is 5.10 Å². The van der Waals surface area contributed by atoms with E-state index in [-0.39, 0.29) is 23.6 Å². The zero-order valence-electron chi connectivity index (χ0n) is 14.5. The molecule has 0 saturated heterocycles. The fourth-order valence-corrected chi connectivity index (χ4v) is 4.22. The highest BCUT2D eigenvalue weighted by Gasteiger charge is 2.34. The summed E-state index contributed by atoms with van der Waals surface area (Å²) < 4.78 is 42.4. The van der Waals surface area contributed by atoms with Crippen LogP contribution >= 0.6 is 31.9 Å². The first-order valence-corrected chi connectivity index (χ1v) is 9.86. The average molecular weight is 528 g/mol. The van der Waals surface area contributed by atoms with Crippen LogP contribution in [0.3, 0.4) is 0 Å². The van der Waals surface area contributed by atoms with Gasteiger partial charge in [0, 0.05) is 15.4 Å². The van der Waals surface area contributed by atoms with E-state index < -0.39 is 11.7 Å². The van der Waals surface area contributed by atoms with Crippen LogP contribution in [0.25, 0.3) is 22.2 Å². The molecule has 10 heteroatoms. The number of phenolic OH excluding ortho intramolecular Hbond substituents is 1. The molecular weight excluding hydrogens is 517 g/mol. The van der Waals surface area contributed by atoms with Crippen LogP contribution in [0.2, 0.25) is 0 Å². The van der Waals surface area contributed by atoms with E-state index in [1.165, 1.54) is 29.1 Å². The highest BCUT2D eigenvalue weighted by Crippen LogP contribution is 2.37. The average Bonchev–Trinajstić information content (AvgIpc) is 3.14. The van der Waals surface area contributed by atoms with Crippen LogP contribution in [0.4, 0.5) is 13.2 Å². The molecule has 5 nitrogen and oxygen atoms in total. The minimum absolute atomic E-state index is 0.00318. The number of hydrogen-bond donors (Lipinski definition) is 1. The maximum atomic E-state index is 13.2. The predicted octanol–water partition coefficient (Wildman–Crippen LogP) is 5.79. The van der Waals surface area contributed by atoms with E-state index >= 15 is 0 Å². The lowest BCUT2D eigenvalue weighted by molar-refractivity contribution is -0.137. The molecule has 0 amide bonds. The Morgan fingerprint density at radius 1 is 1.03 bits per heavy atom. The molecule has 0 bridgehead atoms. The van der Waals surface area contributed by atoms with Crippen LogP contribution in [-0.4, -0.2) is 25.1 Å². The molecule has 0 fully saturated rings. The maximum Gasteiger partial charge on any atom is 0.417 e. The Bertz CT molecular complexity index is 1220. The molecule has 0 radical (unpaired) electrons. The van der Waals surface area contributed by atoms with Crippen LogP contribution in [-0.2, 0) is 12.7 Å². The number of pyridine rings is 1. The lowest BCUT2D eigenvalue weighted by Crippen LogP contribution is -2.06. The van der Waals surface area contributed by atoms with Gasteiger partial charge >= 0.3 is 6.18 Å². The molecule has 0 unspecified atom stereocenters. The first-order valence-electron chi connectivity index (χ1n) is 8.27. The SMILES string of the molecule is Oc1c(Br)cc(Br)c2ccc(Cn3cc(-c4ccccc4C(F)(F)F)nn3)nc12. The Hall–Kier alpha value is -2.46. The fourth-order valence-electron chi connectivity index (χ4n) is 2.95. The second-order valence-electron chi connectivity index (χ2n) is 6.23. The van der Waals surface area contributed by atoms with E-state index in [4.69, 9.17) is 0 Å². The number of halogens is 5. The van der Waals surface area contributed by atoms with Crippen molar-refractivity contribution in [2.45, 2.75) is 12.7 Å². The number of hydrogen-bond acceptors (Lipinski definition) is 4. The molecule has 29 heavy (non-hydrogen) atoms. The monoisotopic (exact) mass is 526 g/mol. The minimum Gasteiger partial charge on any atom is -0.505 e. The van der Waals surface area contributed by atoms with E-state index in [0.717, 1.165) is 15.9 Å². The van der Waals surface area contributed by atoms with Gasteiger partial charge in [0.25, 0.3) is 0 Å². The Labute approximate surface area is 179 Å². The molecule has 1 N–H and O–H groups in total. The van der Waals surface area contributed by atoms with Gasteiger partial charge in [0.15, 0.2) is 5.75 Å². The van der Waals surface area contributed by atoms with Crippen molar-refractivity contribution in [2.75, 3.05) is 0 Å². The summed E-state index contributed by atoms with van der Waals surface area (Å²) in [5.41, 5.74) is 0.274. The number of aromatic nitrogens is 4. The quantitative estimate of drug-likeness (QED) is 0.366. The summed E-state index contributed by atoms with van der Waals surface area (Å²) in [5, 5.41) is 18.8. The second-order valence-corrected chi connectivity index (χ2v) is 7.94. The van der Waals surface area contributed by atoms with Crippen LogP contribution in [0.15, 0.2) is 57.6 Å². The van der Waals surface area contributed by atoms with E-state index in [0.29, 0.717) is 15.7 Å². The third-order valence-electron chi connectivity index (χ3n) is 4.29. The van der Waals surface area contributed by atoms with Gasteiger partial charge in [0.1, 0.15) is 11.2 Å². The molecule has 2 aromatic heterocycles. The number of fused-ring (bicyclic) bond motifs is 1. The van der Waals surface area contributed by atoms with Crippen molar-refractivity contribution in [1.29, 1.82) is 0 Å². The lowest BCUT2D eigenvalue weighted by Gasteiger charge is -2.10. The van der Waals surface area contributed by atoms with Crippen molar-refractivity contribution in [3.05, 3.63) is 68.9 Å². The number of alkyl halides is 3. The molecule has 0 aliphatic rings. The van der Waals surface area contributed by atoms with E-state index in [1.807, 2.05) is 0 Å². The van der Waals surface area contributed by atoms with Crippen molar-refractivity contribution < 1.29 is 18.3 Å². The van der Waals surface area contributed by atoms with Gasteiger partial charge in [-0.2, -0.15) is 13.2 Å². The standard InChI is InChI=1S/C19H11Br2F3N4O/c20-14-7-15(21)18(29)17-12(14)6-5-10(25-17)8-28-9-16(26-27-28)11-3-1-2-4-13(11)19(22,23)24/h1-7,9,29H,8H2. The molecular formula is C19H11Br2F3N4O. The highest BCUT2D eigenvalue weighted by atomic mass is 79.9. The molecule has 0 aliphatic heterocycles. The molecule has 2 heterocycles. The minimum atomic E-state index is -4.49. The zero-order chi connectivity index (χ0) is 20.8. The van der Waals surface area contributed by atoms with Crippen LogP contribution in [0.5, 0.6) is 5.75 Å². The number of aromatic hydroxyl groups is 1. The largest absolute Gasteiger partial charge is 0.505 e. The molecule has 0 saturated carbocycles. The smallest absolute Gasteiger partial charge is 0.417 e. The number of benzene rings is 2. The zero-order valence-corrected chi connectivity index (χ0v) is 17.6. The van der Waals surface area contributed by atoms with Crippen LogP contribution in [0.1, 0.15) is 11.3 Å². The number of nitrogens with zero attached hydrogens (tertiary/aromatic N) is 4. The van der Waals surface area contributed by atoms with E-state index in [2.05, 4.69) is 47.2 Å². The van der Waals surface area contributed by atoms with Crippen molar-refractivity contribution in [3.8, 4) is 17.0 Å². The molecule has 2 aromatic carbocycles. The van der Waals surface area contributed by atoms with Crippen molar-refractivity contribution in [3.63, 3.8) is 0 Å². The maximum absolute atomic E-state index is 13.2. The summed E-state index contributed by atoms with van der Waals surface area (Å²) in [5.74, 6) is 0.00318. The summed E-state index contributed by atoms with van der Waals surface area (Å²) in [6, 6.07) is 10.5. The second kappa shape index (κ2) is 7.42. The van der Waals surface area contributed by atoms with Crippen LogP contribution in [0, 0.1) is 0 Å². The van der Waals surface area contributed by atoms with Gasteiger partial charge < -0.3 is 5.11 Å². The van der Waals surface area contributed by atoms with Crippen molar-refractivity contribution in [2.24, 2.45) is 0 Å². The number of rotatable bonds is 3. The number of phenols is 1. The first-order chi connectivity index (χ1) is 13.7. The summed E-state index contributed by atoms with van der Waals surface area (Å²) in [7, 11) is 0. The summed E-state index contributed by atoms with van der Waals surface area (Å²) >= 11 is 6.70. The van der Waals surface area contributed by atoms with E-state index in [1.54, 1.807) is 18.2 Å². The third kappa shape index (κ3) is 3.86. The molecule has 148 valence electrons. The van der Waals surface area contributed by atoms with Crippen molar-refractivity contribution >= 4 is 42.8 Å². The van der Waals surface area contributed by atoms with Gasteiger partial charge in [-0.05, 0) is 40.2 Å². The highest BCUT2D eigenvalue weighted by molar-refractivity contribution is 9.11. The molecule has 0 aliphatic carbocycles. The van der Waals surface area contributed by atoms with Gasteiger partial charge in [-0.3, -0.25) is 0 Å². The Morgan fingerprint density at radius 3 is 2.55 bits per heavy atom. The molecule has 0 spiro atoms. The normalized spacial score (nSPS) is 11.9. The van der Waals surface area contributed by atoms with Gasteiger partial charge in [0.05, 0.1) is 28.5 Å². The first kappa shape index (κ1) is 19.8. The Kier molecular flexibility index (Phi) is 5.07. The molecule has 4 aromatic rings. The van der Waals surface area contributed by atoms with E-state index in [9.17, 15) is 18.3 Å². The topological polar surface area (TPSA) is 63.8 Å². The van der Waals surface area contributed by atoms with Gasteiger partial charge in [-0.1, -0.05) is 39.3 Å². The molecule has 0 atom stereocenters. The fraction of sp³-hybridized carbons (Fsp3) is 0.105. The van der Waals surface area contributed by atoms with Gasteiger partial charge in [-0.25, -0.2) is 9.67 Å². The summed E-state index contributed by atoms with van der Waals surface area (Å²) in [6.07, 6.45) is -3.05. The van der Waals surface area contributed by atoms with Crippen molar-refractivity contribution in [1.82, 2.24) is 20.0 Å². The molecule has 4 rings (SSSR count). The van der Waals surface area contributed by atoms with Crippen LogP contribution < -0.4 is 0 Å². The predicted molar refractivity (Wildman–Crippen MR) is 108 cm³/mol. The van der Waals surface area contributed by atoms with Gasteiger partial charge in [0.2, 0.25) is 0 Å². The summed E-state index contributed by atoms with van der Waals surface area (Å²) in [6.45, 7) is 0.181. The lowest BCUT2D eigenvalue weighted by atomic mass is 10.0. The Balaban J connectivity index is 1.68. The summed E-state index contributed by atoms with van der Waals surface area (Å²) in [4.78, 5) is 4.45. The Morgan fingerprint density at radius 2 is 1.79 bits per heavy atom.